The molecular weight excluding hydrogens is 318 g/mol. The van der Waals surface area contributed by atoms with Gasteiger partial charge in [-0.3, -0.25) is 9.78 Å². The molecule has 0 radical (unpaired) electrons. The summed E-state index contributed by atoms with van der Waals surface area (Å²) in [5, 5.41) is 17.6. The number of hydrogen-bond donors (Lipinski definition) is 2. The van der Waals surface area contributed by atoms with Gasteiger partial charge in [0.25, 0.3) is 0 Å². The number of carbonyl (C=O) groups excluding carboxylic acids is 1. The molecular formula is C19H19N3O3. The summed E-state index contributed by atoms with van der Waals surface area (Å²) in [5.41, 5.74) is 2.12. The zero-order chi connectivity index (χ0) is 17.2. The highest BCUT2D eigenvalue weighted by molar-refractivity contribution is 5.86. The van der Waals surface area contributed by atoms with Crippen molar-refractivity contribution in [2.45, 2.75) is 31.4 Å². The first kappa shape index (κ1) is 15.8. The molecule has 0 spiro atoms. The first-order chi connectivity index (χ1) is 12.2. The van der Waals surface area contributed by atoms with E-state index < -0.39 is 0 Å². The number of hydrogen-bond acceptors (Lipinski definition) is 5. The molecule has 0 unspecified atom stereocenters. The van der Waals surface area contributed by atoms with E-state index in [9.17, 15) is 9.90 Å². The van der Waals surface area contributed by atoms with Crippen molar-refractivity contribution in [1.29, 1.82) is 0 Å². The van der Waals surface area contributed by atoms with Gasteiger partial charge in [-0.1, -0.05) is 23.4 Å². The molecule has 1 fully saturated rings. The summed E-state index contributed by atoms with van der Waals surface area (Å²) in [5.74, 6) is 0.0685. The van der Waals surface area contributed by atoms with Crippen LogP contribution in [0.3, 0.4) is 0 Å². The Balaban J connectivity index is 1.50. The first-order valence-electron chi connectivity index (χ1n) is 8.42. The van der Waals surface area contributed by atoms with Gasteiger partial charge in [-0.05, 0) is 43.0 Å². The van der Waals surface area contributed by atoms with Gasteiger partial charge < -0.3 is 14.9 Å². The van der Waals surface area contributed by atoms with Gasteiger partial charge in [-0.15, -0.1) is 0 Å². The van der Waals surface area contributed by atoms with Crippen LogP contribution in [0.15, 0.2) is 53.2 Å². The van der Waals surface area contributed by atoms with Crippen molar-refractivity contribution in [3.8, 4) is 0 Å². The molecule has 3 aromatic rings. The molecule has 0 aliphatic heterocycles. The molecule has 2 aromatic heterocycles. The number of amides is 1. The van der Waals surface area contributed by atoms with Crippen molar-refractivity contribution in [2.75, 3.05) is 0 Å². The van der Waals surface area contributed by atoms with Crippen LogP contribution in [0, 0.1) is 5.92 Å². The van der Waals surface area contributed by atoms with Gasteiger partial charge in [0.1, 0.15) is 5.69 Å². The van der Waals surface area contributed by atoms with Crippen LogP contribution in [0.25, 0.3) is 11.0 Å². The average molecular weight is 337 g/mol. The highest BCUT2D eigenvalue weighted by Gasteiger charge is 2.36. The summed E-state index contributed by atoms with van der Waals surface area (Å²) in [6, 6.07) is 12.9. The number of nitrogens with zero attached hydrogens (tertiary/aromatic N) is 2. The maximum atomic E-state index is 12.6. The number of rotatable bonds is 5. The van der Waals surface area contributed by atoms with Crippen molar-refractivity contribution in [3.05, 3.63) is 60.0 Å². The topological polar surface area (TPSA) is 88.3 Å². The maximum absolute atomic E-state index is 12.6. The Hall–Kier alpha value is -2.73. The zero-order valence-corrected chi connectivity index (χ0v) is 13.6. The Bertz CT molecular complexity index is 872. The highest BCUT2D eigenvalue weighted by Crippen LogP contribution is 2.37. The first-order valence-corrected chi connectivity index (χ1v) is 8.42. The lowest BCUT2D eigenvalue weighted by molar-refractivity contribution is -0.122. The number of carbonyl (C=O) groups is 1. The molecule has 1 aliphatic rings. The molecule has 1 aliphatic carbocycles. The third-order valence-electron chi connectivity index (χ3n) is 4.72. The van der Waals surface area contributed by atoms with Crippen LogP contribution >= 0.6 is 0 Å². The van der Waals surface area contributed by atoms with Gasteiger partial charge in [-0.25, -0.2) is 0 Å². The molecule has 4 rings (SSSR count). The van der Waals surface area contributed by atoms with Crippen LogP contribution in [-0.4, -0.2) is 27.3 Å². The van der Waals surface area contributed by atoms with E-state index in [0.29, 0.717) is 24.1 Å². The maximum Gasteiger partial charge on any atom is 0.226 e. The zero-order valence-electron chi connectivity index (χ0n) is 13.6. The van der Waals surface area contributed by atoms with Crippen molar-refractivity contribution < 1.29 is 14.4 Å². The molecule has 0 bridgehead atoms. The molecule has 1 atom stereocenters. The second-order valence-electron chi connectivity index (χ2n) is 6.49. The number of aliphatic hydroxyl groups excluding tert-OH is 1. The van der Waals surface area contributed by atoms with E-state index in [1.807, 2.05) is 42.5 Å². The lowest BCUT2D eigenvalue weighted by Gasteiger charge is -2.37. The Morgan fingerprint density at radius 3 is 2.80 bits per heavy atom. The Morgan fingerprint density at radius 2 is 2.04 bits per heavy atom. The lowest BCUT2D eigenvalue weighted by atomic mass is 9.76. The third kappa shape index (κ3) is 3.25. The van der Waals surface area contributed by atoms with Crippen LogP contribution in [0.1, 0.15) is 30.3 Å². The second kappa shape index (κ2) is 6.64. The number of para-hydroxylation sites is 1. The summed E-state index contributed by atoms with van der Waals surface area (Å²) in [6.45, 7) is 0. The van der Waals surface area contributed by atoms with Gasteiger partial charge in [0.15, 0.2) is 5.58 Å². The van der Waals surface area contributed by atoms with Gasteiger partial charge in [0, 0.05) is 11.6 Å². The Labute approximate surface area is 144 Å². The number of aliphatic hydroxyl groups is 1. The number of fused-ring (bicyclic) bond motifs is 1. The largest absolute Gasteiger partial charge is 0.393 e. The quantitative estimate of drug-likeness (QED) is 0.746. The van der Waals surface area contributed by atoms with E-state index in [-0.39, 0.29) is 30.4 Å². The molecule has 1 saturated carbocycles. The predicted octanol–water partition coefficient (Wildman–Crippen LogP) is 2.39. The smallest absolute Gasteiger partial charge is 0.226 e. The van der Waals surface area contributed by atoms with Crippen LogP contribution < -0.4 is 5.32 Å². The molecule has 2 N–H and O–H groups in total. The molecule has 6 nitrogen and oxygen atoms in total. The van der Waals surface area contributed by atoms with Crippen LogP contribution in [0.4, 0.5) is 0 Å². The number of benzene rings is 1. The van der Waals surface area contributed by atoms with Gasteiger partial charge in [0.2, 0.25) is 5.91 Å². The normalized spacial score (nSPS) is 20.8. The number of aromatic nitrogens is 2. The van der Waals surface area contributed by atoms with Gasteiger partial charge in [0.05, 0.1) is 24.3 Å². The fourth-order valence-electron chi connectivity index (χ4n) is 3.34. The third-order valence-corrected chi connectivity index (χ3v) is 4.72. The fourth-order valence-corrected chi connectivity index (χ4v) is 3.34. The average Bonchev–Trinajstić information content (AvgIpc) is 3.01. The lowest BCUT2D eigenvalue weighted by Crippen LogP contribution is -2.42. The second-order valence-corrected chi connectivity index (χ2v) is 6.49. The molecule has 1 amide bonds. The van der Waals surface area contributed by atoms with E-state index >= 15 is 0 Å². The van der Waals surface area contributed by atoms with Crippen LogP contribution in [0.5, 0.6) is 0 Å². The van der Waals surface area contributed by atoms with E-state index in [0.717, 1.165) is 11.1 Å². The number of pyridine rings is 1. The number of nitrogens with one attached hydrogen (secondary N) is 1. The Kier molecular flexibility index (Phi) is 4.19. The molecule has 6 heteroatoms. The van der Waals surface area contributed by atoms with Gasteiger partial charge >= 0.3 is 0 Å². The minimum absolute atomic E-state index is 0.129. The van der Waals surface area contributed by atoms with E-state index in [1.54, 1.807) is 6.20 Å². The molecule has 128 valence electrons. The standard InChI is InChI=1S/C19H19N3O3/c23-13-9-12(10-13)19(15-6-3-4-8-20-15)21-18(24)11-16-14-5-1-2-7-17(14)25-22-16/h1-8,12-13,19,23H,9-11H2,(H,21,24)/t12?,13?,19-/m0/s1. The van der Waals surface area contributed by atoms with Gasteiger partial charge in [-0.2, -0.15) is 0 Å². The summed E-state index contributed by atoms with van der Waals surface area (Å²) in [7, 11) is 0. The van der Waals surface area contributed by atoms with Crippen LogP contribution in [-0.2, 0) is 11.2 Å². The van der Waals surface area contributed by atoms with Crippen molar-refractivity contribution in [3.63, 3.8) is 0 Å². The SMILES string of the molecule is O=C(Cc1noc2ccccc12)N[C@H](c1ccccn1)C1CC(O)C1. The molecule has 2 heterocycles. The molecule has 1 aromatic carbocycles. The van der Waals surface area contributed by atoms with E-state index in [4.69, 9.17) is 4.52 Å². The van der Waals surface area contributed by atoms with Crippen molar-refractivity contribution in [2.24, 2.45) is 5.92 Å². The predicted molar refractivity (Wildman–Crippen MR) is 91.6 cm³/mol. The van der Waals surface area contributed by atoms with Crippen molar-refractivity contribution >= 4 is 16.9 Å². The minimum Gasteiger partial charge on any atom is -0.393 e. The fraction of sp³-hybridized carbons (Fsp3) is 0.316. The summed E-state index contributed by atoms with van der Waals surface area (Å²) >= 11 is 0. The summed E-state index contributed by atoms with van der Waals surface area (Å²) < 4.78 is 5.26. The van der Waals surface area contributed by atoms with E-state index in [2.05, 4.69) is 15.5 Å². The monoisotopic (exact) mass is 337 g/mol. The molecule has 0 saturated heterocycles. The summed E-state index contributed by atoms with van der Waals surface area (Å²) in [4.78, 5) is 17.0. The van der Waals surface area contributed by atoms with Crippen LogP contribution in [0.2, 0.25) is 0 Å². The Morgan fingerprint density at radius 1 is 1.24 bits per heavy atom. The van der Waals surface area contributed by atoms with E-state index in [1.165, 1.54) is 0 Å². The minimum atomic E-state index is -0.285. The van der Waals surface area contributed by atoms with Crippen molar-refractivity contribution in [1.82, 2.24) is 15.5 Å². The molecule has 25 heavy (non-hydrogen) atoms. The summed E-state index contributed by atoms with van der Waals surface area (Å²) in [6.07, 6.45) is 2.93. The highest BCUT2D eigenvalue weighted by atomic mass is 16.5.